The number of carboxylic acid groups (broad SMARTS) is 1. The van der Waals surface area contributed by atoms with Crippen LogP contribution in [0.3, 0.4) is 0 Å². The molecule has 1 aliphatic rings. The number of carbonyl (C=O) groups excluding carboxylic acids is 1. The van der Waals surface area contributed by atoms with Crippen LogP contribution in [0.1, 0.15) is 50.5 Å². The van der Waals surface area contributed by atoms with E-state index < -0.39 is 29.7 Å². The van der Waals surface area contributed by atoms with Gasteiger partial charge in [0.1, 0.15) is 11.5 Å². The fourth-order valence-electron chi connectivity index (χ4n) is 3.28. The number of alkyl halides is 2. The molecule has 0 bridgehead atoms. The van der Waals surface area contributed by atoms with Gasteiger partial charge < -0.3 is 15.0 Å². The maximum Gasteiger partial charge on any atom is 0.352 e. The van der Waals surface area contributed by atoms with Gasteiger partial charge in [0.2, 0.25) is 0 Å². The van der Waals surface area contributed by atoms with Crippen LogP contribution in [0.2, 0.25) is 0 Å². The predicted molar refractivity (Wildman–Crippen MR) is 83.8 cm³/mol. The molecule has 5 nitrogen and oxygen atoms in total. The number of aromatic carboxylic acids is 1. The van der Waals surface area contributed by atoms with Crippen molar-refractivity contribution in [3.05, 3.63) is 52.1 Å². The van der Waals surface area contributed by atoms with Crippen LogP contribution in [0.15, 0.2) is 18.2 Å². The minimum absolute atomic E-state index is 0.0240. The Balaban J connectivity index is 1.97. The Morgan fingerprint density at radius 1 is 1.32 bits per heavy atom. The summed E-state index contributed by atoms with van der Waals surface area (Å²) >= 11 is 0. The summed E-state index contributed by atoms with van der Waals surface area (Å²) in [5.41, 5.74) is 0.459. The number of anilines is 1. The smallest absolute Gasteiger partial charge is 0.352 e. The lowest BCUT2D eigenvalue weighted by Crippen LogP contribution is -2.15. The molecule has 2 aromatic rings. The van der Waals surface area contributed by atoms with E-state index in [0.29, 0.717) is 24.2 Å². The van der Waals surface area contributed by atoms with E-state index in [1.807, 2.05) is 0 Å². The molecule has 0 aliphatic carbocycles. The lowest BCUT2D eigenvalue weighted by Gasteiger charge is -2.09. The van der Waals surface area contributed by atoms with Gasteiger partial charge in [-0.1, -0.05) is 0 Å². The van der Waals surface area contributed by atoms with Crippen molar-refractivity contribution in [1.82, 2.24) is 4.57 Å². The van der Waals surface area contributed by atoms with Gasteiger partial charge in [0.15, 0.2) is 0 Å². The summed E-state index contributed by atoms with van der Waals surface area (Å²) in [7, 11) is 0. The highest BCUT2D eigenvalue weighted by Gasteiger charge is 2.30. The van der Waals surface area contributed by atoms with E-state index in [2.05, 4.69) is 5.32 Å². The minimum Gasteiger partial charge on any atom is -0.477 e. The summed E-state index contributed by atoms with van der Waals surface area (Å²) < 4.78 is 40.5. The van der Waals surface area contributed by atoms with E-state index in [1.54, 1.807) is 11.5 Å². The van der Waals surface area contributed by atoms with Crippen LogP contribution in [-0.2, 0) is 13.0 Å². The molecule has 0 unspecified atom stereocenters. The van der Waals surface area contributed by atoms with Gasteiger partial charge in [-0.05, 0) is 43.5 Å². The maximum atomic E-state index is 13.4. The normalized spacial score (nSPS) is 13.2. The predicted octanol–water partition coefficient (Wildman–Crippen LogP) is 3.77. The lowest BCUT2D eigenvalue weighted by atomic mass is 10.1. The highest BCUT2D eigenvalue weighted by molar-refractivity contribution is 6.08. The van der Waals surface area contributed by atoms with Gasteiger partial charge in [0, 0.05) is 17.9 Å². The van der Waals surface area contributed by atoms with Gasteiger partial charge in [-0.3, -0.25) is 4.79 Å². The summed E-state index contributed by atoms with van der Waals surface area (Å²) in [6.07, 6.45) is -1.72. The van der Waals surface area contributed by atoms with Crippen molar-refractivity contribution in [2.75, 3.05) is 5.32 Å². The van der Waals surface area contributed by atoms with Gasteiger partial charge in [0.25, 0.3) is 12.3 Å². The van der Waals surface area contributed by atoms with Crippen molar-refractivity contribution in [2.24, 2.45) is 0 Å². The van der Waals surface area contributed by atoms with Gasteiger partial charge >= 0.3 is 5.97 Å². The molecule has 25 heavy (non-hydrogen) atoms. The molecular formula is C17H15F3N2O3. The van der Waals surface area contributed by atoms with Crippen molar-refractivity contribution < 1.29 is 27.9 Å². The zero-order valence-electron chi connectivity index (χ0n) is 13.3. The monoisotopic (exact) mass is 352 g/mol. The molecule has 3 rings (SSSR count). The molecule has 0 saturated carbocycles. The number of rotatable bonds is 4. The molecule has 1 aliphatic heterocycles. The zero-order chi connectivity index (χ0) is 18.3. The molecule has 0 atom stereocenters. The first-order valence-corrected chi connectivity index (χ1v) is 7.65. The van der Waals surface area contributed by atoms with E-state index in [9.17, 15) is 27.9 Å². The van der Waals surface area contributed by atoms with Gasteiger partial charge in [-0.15, -0.1) is 0 Å². The van der Waals surface area contributed by atoms with Crippen LogP contribution >= 0.6 is 0 Å². The zero-order valence-corrected chi connectivity index (χ0v) is 13.3. The quantitative estimate of drug-likeness (QED) is 0.880. The highest BCUT2D eigenvalue weighted by atomic mass is 19.3. The molecule has 0 saturated heterocycles. The second-order valence-corrected chi connectivity index (χ2v) is 5.85. The summed E-state index contributed by atoms with van der Waals surface area (Å²) in [5.74, 6) is -2.77. The molecule has 0 radical (unpaired) electrons. The number of fused-ring (bicyclic) bond motifs is 1. The number of benzene rings is 1. The largest absolute Gasteiger partial charge is 0.477 e. The second-order valence-electron chi connectivity index (χ2n) is 5.85. The maximum absolute atomic E-state index is 13.4. The Bertz CT molecular complexity index is 875. The summed E-state index contributed by atoms with van der Waals surface area (Å²) in [4.78, 5) is 24.1. The van der Waals surface area contributed by atoms with Crippen molar-refractivity contribution >= 4 is 17.6 Å². The average molecular weight is 352 g/mol. The Morgan fingerprint density at radius 3 is 2.68 bits per heavy atom. The summed E-state index contributed by atoms with van der Waals surface area (Å²) in [5, 5.41) is 11.8. The Kier molecular flexibility index (Phi) is 4.28. The first-order valence-electron chi connectivity index (χ1n) is 7.65. The van der Waals surface area contributed by atoms with Gasteiger partial charge in [0.05, 0.1) is 11.1 Å². The van der Waals surface area contributed by atoms with Crippen molar-refractivity contribution in [1.29, 1.82) is 0 Å². The number of aromatic nitrogens is 1. The molecule has 2 heterocycles. The molecule has 8 heteroatoms. The number of hydrogen-bond donors (Lipinski definition) is 2. The molecule has 0 spiro atoms. The fraction of sp³-hybridized carbons (Fsp3) is 0.294. The van der Waals surface area contributed by atoms with Crippen molar-refractivity contribution in [2.45, 2.75) is 32.7 Å². The lowest BCUT2D eigenvalue weighted by molar-refractivity contribution is 0.0684. The van der Waals surface area contributed by atoms with Crippen molar-refractivity contribution in [3.63, 3.8) is 0 Å². The van der Waals surface area contributed by atoms with Crippen LogP contribution in [0.5, 0.6) is 0 Å². The number of halogens is 3. The molecule has 1 amide bonds. The Labute approximate surface area is 141 Å². The number of amides is 1. The third kappa shape index (κ3) is 2.88. The van der Waals surface area contributed by atoms with Crippen LogP contribution in [0.25, 0.3) is 0 Å². The fourth-order valence-corrected chi connectivity index (χ4v) is 3.28. The van der Waals surface area contributed by atoms with E-state index in [1.165, 1.54) is 6.07 Å². The van der Waals surface area contributed by atoms with Gasteiger partial charge in [-0.25, -0.2) is 18.0 Å². The van der Waals surface area contributed by atoms with Crippen LogP contribution < -0.4 is 5.32 Å². The SMILES string of the molecule is Cc1c(C(=O)Nc2ccc(F)c(C(F)F)c2)c2n(c1C(=O)O)CCC2. The van der Waals surface area contributed by atoms with E-state index in [0.717, 1.165) is 18.6 Å². The standard InChI is InChI=1S/C17H15F3N2O3/c1-8-13(12-3-2-6-22(12)14(8)17(24)25)16(23)21-9-4-5-11(18)10(7-9)15(19)20/h4-5,7,15H,2-3,6H2,1H3,(H,21,23)(H,24,25). The number of carboxylic acids is 1. The highest BCUT2D eigenvalue weighted by Crippen LogP contribution is 2.30. The Morgan fingerprint density at radius 2 is 2.04 bits per heavy atom. The molecular weight excluding hydrogens is 337 g/mol. The molecule has 132 valence electrons. The number of hydrogen-bond acceptors (Lipinski definition) is 2. The molecule has 2 N–H and O–H groups in total. The number of carbonyl (C=O) groups is 2. The van der Waals surface area contributed by atoms with E-state index in [-0.39, 0.29) is 16.9 Å². The molecule has 0 fully saturated rings. The van der Waals surface area contributed by atoms with Gasteiger partial charge in [-0.2, -0.15) is 0 Å². The molecule has 1 aromatic carbocycles. The summed E-state index contributed by atoms with van der Waals surface area (Å²) in [6.45, 7) is 2.05. The Hall–Kier alpha value is -2.77. The number of nitrogens with zero attached hydrogens (tertiary/aromatic N) is 1. The second kappa shape index (κ2) is 6.27. The van der Waals surface area contributed by atoms with E-state index in [4.69, 9.17) is 0 Å². The average Bonchev–Trinajstić information content (AvgIpc) is 3.07. The number of nitrogens with one attached hydrogen (secondary N) is 1. The first-order chi connectivity index (χ1) is 11.8. The van der Waals surface area contributed by atoms with Crippen LogP contribution in [0.4, 0.5) is 18.9 Å². The van der Waals surface area contributed by atoms with Crippen molar-refractivity contribution in [3.8, 4) is 0 Å². The third-order valence-electron chi connectivity index (χ3n) is 4.33. The third-order valence-corrected chi connectivity index (χ3v) is 4.33. The van der Waals surface area contributed by atoms with E-state index >= 15 is 0 Å². The summed E-state index contributed by atoms with van der Waals surface area (Å²) in [6, 6.07) is 2.92. The first kappa shape index (κ1) is 17.1. The van der Waals surface area contributed by atoms with Crippen LogP contribution in [-0.4, -0.2) is 21.6 Å². The minimum atomic E-state index is -3.00. The van der Waals surface area contributed by atoms with Crippen LogP contribution in [0, 0.1) is 12.7 Å². The topological polar surface area (TPSA) is 71.3 Å². The molecule has 1 aromatic heterocycles.